The molecule has 0 aliphatic heterocycles. The first-order valence-electron chi connectivity index (χ1n) is 8.02. The summed E-state index contributed by atoms with van der Waals surface area (Å²) in [7, 11) is 0. The molecule has 110 valence electrons. The van der Waals surface area contributed by atoms with Gasteiger partial charge in [-0.05, 0) is 49.5 Å². The molecule has 3 rings (SSSR count). The summed E-state index contributed by atoms with van der Waals surface area (Å²) in [6, 6.07) is 4.75. The van der Waals surface area contributed by atoms with E-state index < -0.39 is 0 Å². The zero-order valence-electron chi connectivity index (χ0n) is 12.7. The molecular formula is C17H26N2O. The van der Waals surface area contributed by atoms with Crippen LogP contribution in [0.2, 0.25) is 0 Å². The van der Waals surface area contributed by atoms with E-state index in [4.69, 9.17) is 0 Å². The Balaban J connectivity index is 1.75. The van der Waals surface area contributed by atoms with Crippen molar-refractivity contribution in [2.75, 3.05) is 0 Å². The van der Waals surface area contributed by atoms with Crippen LogP contribution in [0.5, 0.6) is 0 Å². The highest BCUT2D eigenvalue weighted by Gasteiger charge is 2.30. The van der Waals surface area contributed by atoms with Gasteiger partial charge in [0.25, 0.3) is 0 Å². The number of aromatic nitrogens is 1. The third kappa shape index (κ3) is 2.98. The minimum Gasteiger partial charge on any atom is -0.326 e. The van der Waals surface area contributed by atoms with E-state index in [-0.39, 0.29) is 5.56 Å². The van der Waals surface area contributed by atoms with Gasteiger partial charge in [-0.2, -0.15) is 0 Å². The zero-order valence-corrected chi connectivity index (χ0v) is 12.7. The van der Waals surface area contributed by atoms with Crippen molar-refractivity contribution in [3.8, 4) is 0 Å². The Hall–Kier alpha value is -1.09. The third-order valence-electron chi connectivity index (χ3n) is 4.97. The summed E-state index contributed by atoms with van der Waals surface area (Å²) in [4.78, 5) is 14.5. The second-order valence-electron chi connectivity index (χ2n) is 7.33. The molecule has 2 aliphatic rings. The number of pyridine rings is 1. The van der Waals surface area contributed by atoms with E-state index in [9.17, 15) is 4.79 Å². The molecule has 2 aliphatic carbocycles. The molecular weight excluding hydrogens is 248 g/mol. The number of fused-ring (bicyclic) bond motifs is 1. The van der Waals surface area contributed by atoms with Crippen LogP contribution in [0, 0.1) is 5.41 Å². The quantitative estimate of drug-likeness (QED) is 0.869. The Morgan fingerprint density at radius 2 is 2.10 bits per heavy atom. The lowest BCUT2D eigenvalue weighted by molar-refractivity contribution is 0.185. The van der Waals surface area contributed by atoms with Crippen LogP contribution in [0.25, 0.3) is 0 Å². The second kappa shape index (κ2) is 5.36. The maximum absolute atomic E-state index is 11.4. The topological polar surface area (TPSA) is 44.9 Å². The predicted molar refractivity (Wildman–Crippen MR) is 81.9 cm³/mol. The summed E-state index contributed by atoms with van der Waals surface area (Å²) < 4.78 is 0. The van der Waals surface area contributed by atoms with Gasteiger partial charge < -0.3 is 10.3 Å². The standard InChI is InChI=1S/C17H26N2O/c1-17(2)10-4-5-12(11-17)18-14-6-3-7-15-13(14)8-9-16(20)19-15/h8-9,12,14,18H,3-7,10-11H2,1-2H3,(H,19,20). The van der Waals surface area contributed by atoms with E-state index in [1.165, 1.54) is 44.1 Å². The monoisotopic (exact) mass is 274 g/mol. The van der Waals surface area contributed by atoms with E-state index >= 15 is 0 Å². The molecule has 1 saturated carbocycles. The van der Waals surface area contributed by atoms with Gasteiger partial charge >= 0.3 is 0 Å². The Labute approximate surface area is 121 Å². The summed E-state index contributed by atoms with van der Waals surface area (Å²) >= 11 is 0. The van der Waals surface area contributed by atoms with Crippen LogP contribution >= 0.6 is 0 Å². The van der Waals surface area contributed by atoms with E-state index in [1.54, 1.807) is 6.07 Å². The smallest absolute Gasteiger partial charge is 0.248 e. The highest BCUT2D eigenvalue weighted by atomic mass is 16.1. The molecule has 0 bridgehead atoms. The lowest BCUT2D eigenvalue weighted by Crippen LogP contribution is -2.40. The molecule has 1 aromatic heterocycles. The number of rotatable bonds is 2. The minimum absolute atomic E-state index is 0.0307. The van der Waals surface area contributed by atoms with Gasteiger partial charge in [0.15, 0.2) is 0 Å². The van der Waals surface area contributed by atoms with Crippen molar-refractivity contribution in [2.24, 2.45) is 5.41 Å². The first kappa shape index (κ1) is 13.9. The number of aromatic amines is 1. The maximum Gasteiger partial charge on any atom is 0.248 e. The highest BCUT2D eigenvalue weighted by molar-refractivity contribution is 5.26. The molecule has 0 radical (unpaired) electrons. The van der Waals surface area contributed by atoms with Crippen molar-refractivity contribution < 1.29 is 0 Å². The van der Waals surface area contributed by atoms with Gasteiger partial charge in [-0.3, -0.25) is 4.79 Å². The van der Waals surface area contributed by atoms with Crippen LogP contribution in [0.3, 0.4) is 0 Å². The van der Waals surface area contributed by atoms with Gasteiger partial charge in [0, 0.05) is 23.8 Å². The fraction of sp³-hybridized carbons (Fsp3) is 0.706. The van der Waals surface area contributed by atoms with Crippen molar-refractivity contribution in [2.45, 2.75) is 70.9 Å². The number of hydrogen-bond acceptors (Lipinski definition) is 2. The summed E-state index contributed by atoms with van der Waals surface area (Å²) in [6.45, 7) is 4.76. The molecule has 1 aromatic rings. The third-order valence-corrected chi connectivity index (χ3v) is 4.97. The molecule has 1 heterocycles. The summed E-state index contributed by atoms with van der Waals surface area (Å²) in [6.07, 6.45) is 8.60. The summed E-state index contributed by atoms with van der Waals surface area (Å²) in [5, 5.41) is 3.87. The van der Waals surface area contributed by atoms with Gasteiger partial charge in [-0.1, -0.05) is 26.3 Å². The lowest BCUT2D eigenvalue weighted by Gasteiger charge is -2.38. The van der Waals surface area contributed by atoms with Gasteiger partial charge in [0.2, 0.25) is 5.56 Å². The predicted octanol–water partition coefficient (Wildman–Crippen LogP) is 3.31. The van der Waals surface area contributed by atoms with Crippen LogP contribution in [-0.4, -0.2) is 11.0 Å². The molecule has 2 unspecified atom stereocenters. The Morgan fingerprint density at radius 1 is 1.25 bits per heavy atom. The Kier molecular flexibility index (Phi) is 3.72. The second-order valence-corrected chi connectivity index (χ2v) is 7.33. The molecule has 0 spiro atoms. The Bertz CT molecular complexity index is 532. The molecule has 2 atom stereocenters. The van der Waals surface area contributed by atoms with Crippen LogP contribution < -0.4 is 10.9 Å². The van der Waals surface area contributed by atoms with Crippen LogP contribution in [0.1, 0.15) is 69.7 Å². The number of aryl methyl sites for hydroxylation is 1. The van der Waals surface area contributed by atoms with Crippen LogP contribution in [-0.2, 0) is 6.42 Å². The maximum atomic E-state index is 11.4. The SMILES string of the molecule is CC1(C)CCCC(NC2CCCc3[nH]c(=O)ccc32)C1. The van der Waals surface area contributed by atoms with E-state index in [2.05, 4.69) is 24.1 Å². The molecule has 2 N–H and O–H groups in total. The fourth-order valence-corrected chi connectivity index (χ4v) is 4.00. The van der Waals surface area contributed by atoms with E-state index in [0.717, 1.165) is 12.1 Å². The van der Waals surface area contributed by atoms with Crippen molar-refractivity contribution in [1.29, 1.82) is 0 Å². The van der Waals surface area contributed by atoms with Crippen molar-refractivity contribution in [3.05, 3.63) is 33.7 Å². The van der Waals surface area contributed by atoms with Crippen molar-refractivity contribution in [1.82, 2.24) is 10.3 Å². The first-order chi connectivity index (χ1) is 9.53. The van der Waals surface area contributed by atoms with E-state index in [1.807, 2.05) is 6.07 Å². The van der Waals surface area contributed by atoms with Crippen LogP contribution in [0.4, 0.5) is 0 Å². The molecule has 0 amide bonds. The molecule has 1 fully saturated rings. The largest absolute Gasteiger partial charge is 0.326 e. The molecule has 3 nitrogen and oxygen atoms in total. The van der Waals surface area contributed by atoms with E-state index in [0.29, 0.717) is 17.5 Å². The molecule has 0 saturated heterocycles. The molecule has 0 aromatic carbocycles. The zero-order chi connectivity index (χ0) is 14.2. The fourth-order valence-electron chi connectivity index (χ4n) is 4.00. The normalized spacial score (nSPS) is 28.9. The average Bonchev–Trinajstić information content (AvgIpc) is 2.37. The average molecular weight is 274 g/mol. The van der Waals surface area contributed by atoms with Gasteiger partial charge in [-0.25, -0.2) is 0 Å². The van der Waals surface area contributed by atoms with Crippen LogP contribution in [0.15, 0.2) is 16.9 Å². The van der Waals surface area contributed by atoms with Crippen molar-refractivity contribution >= 4 is 0 Å². The van der Waals surface area contributed by atoms with Gasteiger partial charge in [0.05, 0.1) is 0 Å². The van der Waals surface area contributed by atoms with Gasteiger partial charge in [0.1, 0.15) is 0 Å². The Morgan fingerprint density at radius 3 is 2.90 bits per heavy atom. The minimum atomic E-state index is 0.0307. The first-order valence-corrected chi connectivity index (χ1v) is 8.02. The molecule has 20 heavy (non-hydrogen) atoms. The summed E-state index contributed by atoms with van der Waals surface area (Å²) in [5.74, 6) is 0. The lowest BCUT2D eigenvalue weighted by atomic mass is 9.74. The summed E-state index contributed by atoms with van der Waals surface area (Å²) in [5.41, 5.74) is 2.97. The number of nitrogens with one attached hydrogen (secondary N) is 2. The van der Waals surface area contributed by atoms with Crippen molar-refractivity contribution in [3.63, 3.8) is 0 Å². The highest BCUT2D eigenvalue weighted by Crippen LogP contribution is 2.37. The molecule has 3 heteroatoms. The number of hydrogen-bond donors (Lipinski definition) is 2. The number of H-pyrrole nitrogens is 1. The van der Waals surface area contributed by atoms with Gasteiger partial charge in [-0.15, -0.1) is 0 Å².